The number of carbonyl (C=O) groups excluding carboxylic acids is 1. The molecule has 3 heterocycles. The average Bonchev–Trinajstić information content (AvgIpc) is 3.22. The number of aryl methyl sites for hydroxylation is 1. The zero-order chi connectivity index (χ0) is 22.9. The normalized spacial score (nSPS) is 11.2. The largest absolute Gasteiger partial charge is 0.464 e. The Kier molecular flexibility index (Phi) is 5.22. The van der Waals surface area contributed by atoms with E-state index in [-0.39, 0.29) is 24.6 Å². The number of amides is 1. The van der Waals surface area contributed by atoms with Gasteiger partial charge in [-0.1, -0.05) is 18.2 Å². The monoisotopic (exact) mass is 442 g/mol. The number of nitrogens with zero attached hydrogens (tertiary/aromatic N) is 1. The van der Waals surface area contributed by atoms with Gasteiger partial charge in [-0.15, -0.1) is 0 Å². The molecule has 0 saturated heterocycles. The molecule has 0 unspecified atom stereocenters. The van der Waals surface area contributed by atoms with Gasteiger partial charge in [0.2, 0.25) is 5.91 Å². The Morgan fingerprint density at radius 3 is 2.64 bits per heavy atom. The van der Waals surface area contributed by atoms with E-state index in [0.29, 0.717) is 22.5 Å². The van der Waals surface area contributed by atoms with Crippen LogP contribution in [0.25, 0.3) is 33.1 Å². The highest BCUT2D eigenvalue weighted by atomic mass is 19.1. The van der Waals surface area contributed by atoms with Crippen molar-refractivity contribution >= 4 is 33.7 Å². The number of benzene rings is 2. The van der Waals surface area contributed by atoms with Crippen molar-refractivity contribution in [2.24, 2.45) is 0 Å². The summed E-state index contributed by atoms with van der Waals surface area (Å²) in [5.74, 6) is -0.0942. The molecule has 33 heavy (non-hydrogen) atoms. The highest BCUT2D eigenvalue weighted by Gasteiger charge is 2.17. The fraction of sp³-hybridized carbons (Fsp3) is 0.115. The fourth-order valence-electron chi connectivity index (χ4n) is 3.93. The summed E-state index contributed by atoms with van der Waals surface area (Å²) >= 11 is 0. The van der Waals surface area contributed by atoms with Crippen molar-refractivity contribution in [2.45, 2.75) is 19.8 Å². The van der Waals surface area contributed by atoms with Crippen LogP contribution in [-0.2, 0) is 11.2 Å². The van der Waals surface area contributed by atoms with Gasteiger partial charge in [0.25, 0.3) is 0 Å². The first-order valence-corrected chi connectivity index (χ1v) is 10.4. The van der Waals surface area contributed by atoms with Gasteiger partial charge < -0.3 is 14.2 Å². The van der Waals surface area contributed by atoms with Gasteiger partial charge in [0.1, 0.15) is 22.8 Å². The van der Waals surface area contributed by atoms with E-state index in [2.05, 4.69) is 10.3 Å². The van der Waals surface area contributed by atoms with Crippen molar-refractivity contribution in [1.82, 2.24) is 4.98 Å². The molecule has 6 nitrogen and oxygen atoms in total. The Hall–Kier alpha value is -4.26. The van der Waals surface area contributed by atoms with E-state index in [1.54, 1.807) is 48.9 Å². The van der Waals surface area contributed by atoms with E-state index in [0.717, 1.165) is 27.5 Å². The van der Waals surface area contributed by atoms with E-state index in [9.17, 15) is 14.0 Å². The van der Waals surface area contributed by atoms with E-state index in [4.69, 9.17) is 8.83 Å². The smallest absolute Gasteiger partial charge is 0.339 e. The molecule has 5 aromatic rings. The van der Waals surface area contributed by atoms with Gasteiger partial charge in [-0.3, -0.25) is 4.79 Å². The second-order valence-electron chi connectivity index (χ2n) is 7.76. The number of anilines is 1. The van der Waals surface area contributed by atoms with Gasteiger partial charge in [-0.05, 0) is 54.8 Å². The van der Waals surface area contributed by atoms with Gasteiger partial charge in [0.05, 0.1) is 6.26 Å². The minimum Gasteiger partial charge on any atom is -0.464 e. The molecule has 0 spiro atoms. The van der Waals surface area contributed by atoms with Crippen molar-refractivity contribution in [2.75, 3.05) is 5.32 Å². The third-order valence-electron chi connectivity index (χ3n) is 5.67. The molecule has 0 aliphatic carbocycles. The summed E-state index contributed by atoms with van der Waals surface area (Å²) in [6.45, 7) is 1.84. The van der Waals surface area contributed by atoms with Crippen molar-refractivity contribution in [3.63, 3.8) is 0 Å². The van der Waals surface area contributed by atoms with Crippen LogP contribution in [0.4, 0.5) is 10.2 Å². The molecular formula is C26H19FN2O4. The SMILES string of the molecule is Cc1c(CCC(=O)Nc2ccccn2)c(=O)oc2cc3occ(-c4ccc(F)cc4)c3cc12. The summed E-state index contributed by atoms with van der Waals surface area (Å²) in [5, 5.41) is 4.30. The van der Waals surface area contributed by atoms with Gasteiger partial charge in [0, 0.05) is 40.6 Å². The zero-order valence-electron chi connectivity index (χ0n) is 17.7. The lowest BCUT2D eigenvalue weighted by Gasteiger charge is -2.09. The van der Waals surface area contributed by atoms with Crippen molar-refractivity contribution in [1.29, 1.82) is 0 Å². The summed E-state index contributed by atoms with van der Waals surface area (Å²) in [7, 11) is 0. The van der Waals surface area contributed by atoms with Gasteiger partial charge >= 0.3 is 5.63 Å². The molecule has 0 bridgehead atoms. The van der Waals surface area contributed by atoms with Crippen LogP contribution >= 0.6 is 0 Å². The lowest BCUT2D eigenvalue weighted by atomic mass is 9.99. The maximum Gasteiger partial charge on any atom is 0.339 e. The number of hydrogen-bond acceptors (Lipinski definition) is 5. The highest BCUT2D eigenvalue weighted by molar-refractivity contribution is 6.02. The van der Waals surface area contributed by atoms with Crippen LogP contribution in [0.1, 0.15) is 17.5 Å². The summed E-state index contributed by atoms with van der Waals surface area (Å²) in [4.78, 5) is 29.0. The number of carbonyl (C=O) groups is 1. The van der Waals surface area contributed by atoms with Crippen LogP contribution in [0, 0.1) is 12.7 Å². The molecule has 3 aromatic heterocycles. The molecule has 1 amide bonds. The number of nitrogens with one attached hydrogen (secondary N) is 1. The summed E-state index contributed by atoms with van der Waals surface area (Å²) in [5.41, 5.74) is 3.32. The van der Waals surface area contributed by atoms with Crippen LogP contribution in [0.15, 0.2) is 80.7 Å². The minimum atomic E-state index is -0.477. The first-order chi connectivity index (χ1) is 16.0. The quantitative estimate of drug-likeness (QED) is 0.357. The van der Waals surface area contributed by atoms with Crippen molar-refractivity contribution < 1.29 is 18.0 Å². The number of rotatable bonds is 5. The third-order valence-corrected chi connectivity index (χ3v) is 5.67. The van der Waals surface area contributed by atoms with E-state index in [1.165, 1.54) is 12.1 Å². The summed E-state index contributed by atoms with van der Waals surface area (Å²) in [6, 6.07) is 15.0. The van der Waals surface area contributed by atoms with Crippen molar-refractivity contribution in [3.05, 3.63) is 94.4 Å². The molecule has 2 aromatic carbocycles. The molecule has 0 atom stereocenters. The maximum atomic E-state index is 13.3. The zero-order valence-corrected chi connectivity index (χ0v) is 17.7. The lowest BCUT2D eigenvalue weighted by molar-refractivity contribution is -0.116. The molecule has 0 radical (unpaired) electrons. The van der Waals surface area contributed by atoms with E-state index < -0.39 is 5.63 Å². The van der Waals surface area contributed by atoms with Crippen LogP contribution in [0.3, 0.4) is 0 Å². The second kappa shape index (κ2) is 8.35. The number of halogens is 1. The highest BCUT2D eigenvalue weighted by Crippen LogP contribution is 2.34. The molecule has 0 fully saturated rings. The van der Waals surface area contributed by atoms with Gasteiger partial charge in [-0.2, -0.15) is 0 Å². The topological polar surface area (TPSA) is 85.3 Å². The van der Waals surface area contributed by atoms with Gasteiger partial charge in [0.15, 0.2) is 0 Å². The Labute approximate surface area is 187 Å². The van der Waals surface area contributed by atoms with Gasteiger partial charge in [-0.25, -0.2) is 14.2 Å². The number of fused-ring (bicyclic) bond motifs is 2. The third kappa shape index (κ3) is 4.01. The molecule has 164 valence electrons. The fourth-order valence-corrected chi connectivity index (χ4v) is 3.93. The lowest BCUT2D eigenvalue weighted by Crippen LogP contribution is -2.17. The Morgan fingerprint density at radius 1 is 1.06 bits per heavy atom. The number of furan rings is 1. The predicted molar refractivity (Wildman–Crippen MR) is 124 cm³/mol. The minimum absolute atomic E-state index is 0.114. The molecule has 1 N–H and O–H groups in total. The first kappa shape index (κ1) is 20.6. The van der Waals surface area contributed by atoms with Crippen LogP contribution in [0.5, 0.6) is 0 Å². The Morgan fingerprint density at radius 2 is 1.88 bits per heavy atom. The molecule has 0 aliphatic heterocycles. The predicted octanol–water partition coefficient (Wildman–Crippen LogP) is 5.62. The van der Waals surface area contributed by atoms with Crippen LogP contribution in [0.2, 0.25) is 0 Å². The molecular weight excluding hydrogens is 423 g/mol. The average molecular weight is 442 g/mol. The standard InChI is InChI=1S/C26H19FN2O4/c1-15-18(9-10-25(30)29-24-4-2-3-11-28-24)26(31)33-23-13-22-20(12-19(15)23)21(14-32-22)16-5-7-17(27)8-6-16/h2-8,11-14H,9-10H2,1H3,(H,28,29,30). The van der Waals surface area contributed by atoms with Crippen LogP contribution < -0.4 is 10.9 Å². The number of aromatic nitrogens is 1. The molecule has 7 heteroatoms. The Balaban J connectivity index is 1.49. The molecule has 0 saturated carbocycles. The first-order valence-electron chi connectivity index (χ1n) is 10.4. The molecule has 5 rings (SSSR count). The van der Waals surface area contributed by atoms with Crippen molar-refractivity contribution in [3.8, 4) is 11.1 Å². The molecule has 0 aliphatic rings. The summed E-state index contributed by atoms with van der Waals surface area (Å²) in [6.07, 6.45) is 3.54. The number of hydrogen-bond donors (Lipinski definition) is 1. The second-order valence-corrected chi connectivity index (χ2v) is 7.76. The maximum absolute atomic E-state index is 13.3. The number of pyridine rings is 1. The Bertz CT molecular complexity index is 1540. The van der Waals surface area contributed by atoms with Crippen LogP contribution in [-0.4, -0.2) is 10.9 Å². The van der Waals surface area contributed by atoms with E-state index in [1.807, 2.05) is 13.0 Å². The van der Waals surface area contributed by atoms with E-state index >= 15 is 0 Å². The summed E-state index contributed by atoms with van der Waals surface area (Å²) < 4.78 is 24.6.